The van der Waals surface area contributed by atoms with Crippen molar-refractivity contribution in [3.63, 3.8) is 0 Å². The van der Waals surface area contributed by atoms with Crippen LogP contribution in [0.4, 0.5) is 11.4 Å². The van der Waals surface area contributed by atoms with Crippen molar-refractivity contribution < 1.29 is 4.79 Å². The Labute approximate surface area is 89.1 Å². The summed E-state index contributed by atoms with van der Waals surface area (Å²) in [6.45, 7) is 2.06. The maximum Gasteiger partial charge on any atom is 0.150 e. The van der Waals surface area contributed by atoms with E-state index in [2.05, 4.69) is 16.3 Å². The van der Waals surface area contributed by atoms with Gasteiger partial charge in [0.1, 0.15) is 6.29 Å². The number of fused-ring (bicyclic) bond motifs is 1. The molecule has 1 saturated carbocycles. The van der Waals surface area contributed by atoms with Gasteiger partial charge in [0.2, 0.25) is 0 Å². The van der Waals surface area contributed by atoms with E-state index in [9.17, 15) is 4.79 Å². The molecule has 0 amide bonds. The first-order chi connectivity index (χ1) is 7.38. The zero-order valence-electron chi connectivity index (χ0n) is 8.57. The third-order valence-electron chi connectivity index (χ3n) is 3.12. The van der Waals surface area contributed by atoms with Gasteiger partial charge in [-0.25, -0.2) is 0 Å². The SMILES string of the molecule is O=Cc1ccc2c(c1)NCCN2C1CC1. The number of carbonyl (C=O) groups is 1. The molecule has 1 aromatic carbocycles. The largest absolute Gasteiger partial charge is 0.382 e. The van der Waals surface area contributed by atoms with E-state index in [1.165, 1.54) is 18.5 Å². The van der Waals surface area contributed by atoms with Crippen LogP contribution in [-0.4, -0.2) is 25.4 Å². The molecule has 0 saturated heterocycles. The van der Waals surface area contributed by atoms with Gasteiger partial charge in [-0.1, -0.05) is 0 Å². The Morgan fingerprint density at radius 1 is 1.40 bits per heavy atom. The number of rotatable bonds is 2. The van der Waals surface area contributed by atoms with Gasteiger partial charge in [-0.2, -0.15) is 0 Å². The molecule has 0 spiro atoms. The molecule has 1 heterocycles. The molecule has 3 nitrogen and oxygen atoms in total. The lowest BCUT2D eigenvalue weighted by molar-refractivity contribution is 0.112. The summed E-state index contributed by atoms with van der Waals surface area (Å²) in [5.41, 5.74) is 3.12. The summed E-state index contributed by atoms with van der Waals surface area (Å²) < 4.78 is 0. The summed E-state index contributed by atoms with van der Waals surface area (Å²) in [6, 6.07) is 6.64. The highest BCUT2D eigenvalue weighted by atomic mass is 16.1. The molecular formula is C12H14N2O. The minimum Gasteiger partial charge on any atom is -0.382 e. The molecule has 2 aliphatic rings. The fraction of sp³-hybridized carbons (Fsp3) is 0.417. The molecule has 0 radical (unpaired) electrons. The Bertz CT molecular complexity index is 399. The molecule has 3 rings (SSSR count). The topological polar surface area (TPSA) is 32.3 Å². The summed E-state index contributed by atoms with van der Waals surface area (Å²) >= 11 is 0. The fourth-order valence-electron chi connectivity index (χ4n) is 2.22. The molecular weight excluding hydrogens is 188 g/mol. The monoisotopic (exact) mass is 202 g/mol. The van der Waals surface area contributed by atoms with Crippen LogP contribution < -0.4 is 10.2 Å². The third kappa shape index (κ3) is 1.48. The molecule has 1 aliphatic heterocycles. The first-order valence-electron chi connectivity index (χ1n) is 5.48. The zero-order chi connectivity index (χ0) is 10.3. The van der Waals surface area contributed by atoms with E-state index in [0.29, 0.717) is 0 Å². The predicted octanol–water partition coefficient (Wildman–Crippen LogP) is 1.89. The Morgan fingerprint density at radius 2 is 2.27 bits per heavy atom. The van der Waals surface area contributed by atoms with Crippen LogP contribution in [0.5, 0.6) is 0 Å². The van der Waals surface area contributed by atoms with E-state index >= 15 is 0 Å². The molecule has 1 aliphatic carbocycles. The van der Waals surface area contributed by atoms with E-state index < -0.39 is 0 Å². The quantitative estimate of drug-likeness (QED) is 0.743. The zero-order valence-corrected chi connectivity index (χ0v) is 8.57. The molecule has 78 valence electrons. The van der Waals surface area contributed by atoms with Crippen molar-refractivity contribution in [1.29, 1.82) is 0 Å². The second-order valence-electron chi connectivity index (χ2n) is 4.25. The predicted molar refractivity (Wildman–Crippen MR) is 60.7 cm³/mol. The summed E-state index contributed by atoms with van der Waals surface area (Å²) in [5, 5.41) is 3.35. The molecule has 0 bridgehead atoms. The van der Waals surface area contributed by atoms with Gasteiger partial charge in [0, 0.05) is 24.7 Å². The maximum atomic E-state index is 10.7. The highest BCUT2D eigenvalue weighted by Gasteiger charge is 2.31. The van der Waals surface area contributed by atoms with Gasteiger partial charge in [-0.15, -0.1) is 0 Å². The maximum absolute atomic E-state index is 10.7. The average molecular weight is 202 g/mol. The molecule has 1 aromatic rings. The Morgan fingerprint density at radius 3 is 3.00 bits per heavy atom. The molecule has 0 aromatic heterocycles. The van der Waals surface area contributed by atoms with Gasteiger partial charge >= 0.3 is 0 Å². The van der Waals surface area contributed by atoms with Crippen molar-refractivity contribution in [3.8, 4) is 0 Å². The normalized spacial score (nSPS) is 19.3. The third-order valence-corrected chi connectivity index (χ3v) is 3.12. The molecule has 15 heavy (non-hydrogen) atoms. The number of anilines is 2. The van der Waals surface area contributed by atoms with E-state index in [-0.39, 0.29) is 0 Å². The van der Waals surface area contributed by atoms with Gasteiger partial charge < -0.3 is 10.2 Å². The minimum absolute atomic E-state index is 0.743. The van der Waals surface area contributed by atoms with Gasteiger partial charge in [-0.05, 0) is 31.0 Å². The number of benzene rings is 1. The first-order valence-corrected chi connectivity index (χ1v) is 5.48. The smallest absolute Gasteiger partial charge is 0.150 e. The van der Waals surface area contributed by atoms with Crippen molar-refractivity contribution in [3.05, 3.63) is 23.8 Å². The number of nitrogens with one attached hydrogen (secondary N) is 1. The van der Waals surface area contributed by atoms with Crippen molar-refractivity contribution in [2.75, 3.05) is 23.3 Å². The lowest BCUT2D eigenvalue weighted by Gasteiger charge is -2.32. The van der Waals surface area contributed by atoms with E-state index in [1.54, 1.807) is 0 Å². The van der Waals surface area contributed by atoms with E-state index in [0.717, 1.165) is 36.7 Å². The van der Waals surface area contributed by atoms with Crippen molar-refractivity contribution in [2.45, 2.75) is 18.9 Å². The molecule has 1 N–H and O–H groups in total. The van der Waals surface area contributed by atoms with Crippen molar-refractivity contribution in [2.24, 2.45) is 0 Å². The number of carbonyl (C=O) groups excluding carboxylic acids is 1. The van der Waals surface area contributed by atoms with Crippen LogP contribution in [0.25, 0.3) is 0 Å². The van der Waals surface area contributed by atoms with Crippen LogP contribution >= 0.6 is 0 Å². The molecule has 3 heteroatoms. The van der Waals surface area contributed by atoms with Crippen LogP contribution in [0.1, 0.15) is 23.2 Å². The van der Waals surface area contributed by atoms with E-state index in [4.69, 9.17) is 0 Å². The second kappa shape index (κ2) is 3.26. The van der Waals surface area contributed by atoms with Gasteiger partial charge in [0.25, 0.3) is 0 Å². The van der Waals surface area contributed by atoms with Crippen LogP contribution in [0.3, 0.4) is 0 Å². The average Bonchev–Trinajstić information content (AvgIpc) is 3.11. The number of aldehydes is 1. The van der Waals surface area contributed by atoms with Crippen molar-refractivity contribution >= 4 is 17.7 Å². The first kappa shape index (κ1) is 8.77. The van der Waals surface area contributed by atoms with E-state index in [1.807, 2.05) is 12.1 Å². The lowest BCUT2D eigenvalue weighted by atomic mass is 10.1. The lowest BCUT2D eigenvalue weighted by Crippen LogP contribution is -2.35. The van der Waals surface area contributed by atoms with Crippen LogP contribution in [0, 0.1) is 0 Å². The highest BCUT2D eigenvalue weighted by molar-refractivity contribution is 5.83. The number of hydrogen-bond donors (Lipinski definition) is 1. The van der Waals surface area contributed by atoms with Crippen LogP contribution in [0.15, 0.2) is 18.2 Å². The van der Waals surface area contributed by atoms with Crippen LogP contribution in [-0.2, 0) is 0 Å². The van der Waals surface area contributed by atoms with Gasteiger partial charge in [-0.3, -0.25) is 4.79 Å². The van der Waals surface area contributed by atoms with Crippen molar-refractivity contribution in [1.82, 2.24) is 0 Å². The fourth-order valence-corrected chi connectivity index (χ4v) is 2.22. The summed E-state index contributed by atoms with van der Waals surface area (Å²) in [6.07, 6.45) is 3.53. The highest BCUT2D eigenvalue weighted by Crippen LogP contribution is 2.37. The van der Waals surface area contributed by atoms with Crippen LogP contribution in [0.2, 0.25) is 0 Å². The number of nitrogens with zero attached hydrogens (tertiary/aromatic N) is 1. The summed E-state index contributed by atoms with van der Waals surface area (Å²) in [4.78, 5) is 13.1. The Kier molecular flexibility index (Phi) is 1.91. The Hall–Kier alpha value is -1.51. The standard InChI is InChI=1S/C12H14N2O/c15-8-9-1-4-12-11(7-9)13-5-6-14(12)10-2-3-10/h1,4,7-8,10,13H,2-3,5-6H2. The minimum atomic E-state index is 0.743. The van der Waals surface area contributed by atoms with Gasteiger partial charge in [0.05, 0.1) is 11.4 Å². The molecule has 0 atom stereocenters. The summed E-state index contributed by atoms with van der Waals surface area (Å²) in [5.74, 6) is 0. The number of hydrogen-bond acceptors (Lipinski definition) is 3. The second-order valence-corrected chi connectivity index (χ2v) is 4.25. The van der Waals surface area contributed by atoms with Gasteiger partial charge in [0.15, 0.2) is 0 Å². The molecule has 1 fully saturated rings. The Balaban J connectivity index is 2.00. The molecule has 0 unspecified atom stereocenters. The summed E-state index contributed by atoms with van der Waals surface area (Å²) in [7, 11) is 0.